The van der Waals surface area contributed by atoms with Crippen LogP contribution in [0, 0.1) is 6.92 Å². The summed E-state index contributed by atoms with van der Waals surface area (Å²) < 4.78 is 26.3. The first-order valence-corrected chi connectivity index (χ1v) is 9.37. The van der Waals surface area contributed by atoms with E-state index >= 15 is 0 Å². The van der Waals surface area contributed by atoms with Crippen molar-refractivity contribution in [3.8, 4) is 0 Å². The van der Waals surface area contributed by atoms with Gasteiger partial charge in [0.25, 0.3) is 0 Å². The Hall–Kier alpha value is -0.890. The minimum absolute atomic E-state index is 0.299. The van der Waals surface area contributed by atoms with E-state index < -0.39 is 10.0 Å². The first kappa shape index (κ1) is 16.5. The lowest BCUT2D eigenvalue weighted by Crippen LogP contribution is -2.22. The normalized spacial score (nSPS) is 11.9. The predicted molar refractivity (Wildman–Crippen MR) is 91.4 cm³/mol. The number of hydrogen-bond acceptors (Lipinski definition) is 4. The molecule has 0 aliphatic carbocycles. The molecule has 2 aromatic rings. The van der Waals surface area contributed by atoms with Crippen LogP contribution in [0.4, 0.5) is 5.69 Å². The highest BCUT2D eigenvalue weighted by molar-refractivity contribution is 9.10. The molecule has 1 N–H and O–H groups in total. The van der Waals surface area contributed by atoms with Crippen LogP contribution in [0.1, 0.15) is 9.75 Å². The molecule has 0 fully saturated rings. The van der Waals surface area contributed by atoms with Crippen LogP contribution in [0.3, 0.4) is 0 Å². The van der Waals surface area contributed by atoms with E-state index in [0.29, 0.717) is 4.90 Å². The van der Waals surface area contributed by atoms with Crippen molar-refractivity contribution >= 4 is 43.0 Å². The van der Waals surface area contributed by atoms with Crippen LogP contribution < -0.4 is 5.32 Å². The Kier molecular flexibility index (Phi) is 5.08. The summed E-state index contributed by atoms with van der Waals surface area (Å²) in [7, 11) is -0.309. The van der Waals surface area contributed by atoms with Crippen molar-refractivity contribution in [2.24, 2.45) is 0 Å². The van der Waals surface area contributed by atoms with Gasteiger partial charge in [0.15, 0.2) is 0 Å². The summed E-state index contributed by atoms with van der Waals surface area (Å²) in [6, 6.07) is 8.90. The molecule has 0 saturated heterocycles. The Labute approximate surface area is 138 Å². The van der Waals surface area contributed by atoms with E-state index in [2.05, 4.69) is 34.2 Å². The molecule has 21 heavy (non-hydrogen) atoms. The number of nitrogens with one attached hydrogen (secondary N) is 1. The third kappa shape index (κ3) is 3.85. The maximum atomic E-state index is 12.0. The van der Waals surface area contributed by atoms with E-state index in [4.69, 9.17) is 0 Å². The van der Waals surface area contributed by atoms with Crippen LogP contribution in [-0.4, -0.2) is 26.8 Å². The van der Waals surface area contributed by atoms with E-state index in [-0.39, 0.29) is 0 Å². The highest BCUT2D eigenvalue weighted by atomic mass is 79.9. The number of halogens is 1. The molecule has 7 heteroatoms. The Morgan fingerprint density at radius 1 is 1.24 bits per heavy atom. The van der Waals surface area contributed by atoms with Gasteiger partial charge in [-0.15, -0.1) is 11.3 Å². The van der Waals surface area contributed by atoms with E-state index in [1.54, 1.807) is 35.6 Å². The van der Waals surface area contributed by atoms with Crippen LogP contribution in [0.15, 0.2) is 39.7 Å². The lowest BCUT2D eigenvalue weighted by Gasteiger charge is -2.12. The van der Waals surface area contributed by atoms with E-state index in [0.717, 1.165) is 16.7 Å². The van der Waals surface area contributed by atoms with Gasteiger partial charge in [0.1, 0.15) is 0 Å². The zero-order valence-corrected chi connectivity index (χ0v) is 15.3. The summed E-state index contributed by atoms with van der Waals surface area (Å²) in [4.78, 5) is 2.77. The zero-order chi connectivity index (χ0) is 15.6. The largest absolute Gasteiger partial charge is 0.380 e. The van der Waals surface area contributed by atoms with Crippen LogP contribution in [0.2, 0.25) is 0 Å². The van der Waals surface area contributed by atoms with Crippen molar-refractivity contribution in [1.82, 2.24) is 4.31 Å². The van der Waals surface area contributed by atoms with E-state index in [1.165, 1.54) is 28.2 Å². The molecule has 0 amide bonds. The van der Waals surface area contributed by atoms with Crippen molar-refractivity contribution in [1.29, 1.82) is 0 Å². The number of rotatable bonds is 5. The number of sulfonamides is 1. The molecular weight excluding hydrogens is 372 g/mol. The van der Waals surface area contributed by atoms with Gasteiger partial charge in [0.2, 0.25) is 10.0 Å². The fourth-order valence-corrected chi connectivity index (χ4v) is 4.19. The molecule has 4 nitrogen and oxygen atoms in total. The number of nitrogens with zero attached hydrogens (tertiary/aromatic N) is 1. The maximum Gasteiger partial charge on any atom is 0.242 e. The molecule has 0 radical (unpaired) electrons. The van der Waals surface area contributed by atoms with Gasteiger partial charge in [-0.05, 0) is 53.2 Å². The van der Waals surface area contributed by atoms with Crippen LogP contribution in [-0.2, 0) is 16.6 Å². The predicted octanol–water partition coefficient (Wildman–Crippen LogP) is 3.68. The smallest absolute Gasteiger partial charge is 0.242 e. The highest BCUT2D eigenvalue weighted by Gasteiger charge is 2.16. The Morgan fingerprint density at radius 2 is 1.86 bits per heavy atom. The van der Waals surface area contributed by atoms with Gasteiger partial charge in [0, 0.05) is 40.6 Å². The molecule has 114 valence electrons. The summed E-state index contributed by atoms with van der Waals surface area (Å²) in [5.41, 5.74) is 0.898. The van der Waals surface area contributed by atoms with Gasteiger partial charge in [0.05, 0.1) is 4.90 Å². The second-order valence-corrected chi connectivity index (χ2v) is 9.13. The Bertz CT molecular complexity index is 702. The molecule has 0 bridgehead atoms. The number of benzene rings is 1. The average Bonchev–Trinajstić information content (AvgIpc) is 2.76. The highest BCUT2D eigenvalue weighted by Crippen LogP contribution is 2.27. The molecule has 0 atom stereocenters. The second kappa shape index (κ2) is 6.48. The number of thiophene rings is 1. The Balaban J connectivity index is 2.06. The minimum atomic E-state index is -3.36. The van der Waals surface area contributed by atoms with Gasteiger partial charge in [-0.2, -0.15) is 0 Å². The summed E-state index contributed by atoms with van der Waals surface area (Å²) >= 11 is 5.23. The number of anilines is 1. The fourth-order valence-electron chi connectivity index (χ4n) is 1.75. The van der Waals surface area contributed by atoms with E-state index in [1.807, 2.05) is 0 Å². The van der Waals surface area contributed by atoms with Crippen molar-refractivity contribution < 1.29 is 8.42 Å². The monoisotopic (exact) mass is 388 g/mol. The zero-order valence-electron chi connectivity index (χ0n) is 12.1. The van der Waals surface area contributed by atoms with Gasteiger partial charge in [-0.25, -0.2) is 12.7 Å². The number of aryl methyl sites for hydroxylation is 1. The number of hydrogen-bond donors (Lipinski definition) is 1. The summed E-state index contributed by atoms with van der Waals surface area (Å²) in [6.45, 7) is 2.79. The standard InChI is InChI=1S/C14H17BrN2O2S2/c1-10-14(15)8-12(20-10)9-16-11-4-6-13(7-5-11)21(18,19)17(2)3/h4-8,16H,9H2,1-3H3. The molecule has 2 rings (SSSR count). The molecule has 0 unspecified atom stereocenters. The summed E-state index contributed by atoms with van der Waals surface area (Å²) in [6.07, 6.45) is 0. The second-order valence-electron chi connectivity index (χ2n) is 4.78. The molecule has 1 aromatic heterocycles. The fraction of sp³-hybridized carbons (Fsp3) is 0.286. The van der Waals surface area contributed by atoms with Gasteiger partial charge < -0.3 is 5.32 Å². The quantitative estimate of drug-likeness (QED) is 0.849. The SMILES string of the molecule is Cc1sc(CNc2ccc(S(=O)(=O)N(C)C)cc2)cc1Br. The minimum Gasteiger partial charge on any atom is -0.380 e. The Morgan fingerprint density at radius 3 is 2.33 bits per heavy atom. The third-order valence-electron chi connectivity index (χ3n) is 3.01. The molecule has 0 aliphatic rings. The molecule has 1 heterocycles. The topological polar surface area (TPSA) is 49.4 Å². The van der Waals surface area contributed by atoms with Crippen molar-refractivity contribution in [3.63, 3.8) is 0 Å². The first-order chi connectivity index (χ1) is 9.80. The lowest BCUT2D eigenvalue weighted by molar-refractivity contribution is 0.521. The van der Waals surface area contributed by atoms with Crippen LogP contribution in [0.25, 0.3) is 0 Å². The van der Waals surface area contributed by atoms with Gasteiger partial charge in [-0.1, -0.05) is 0 Å². The summed E-state index contributed by atoms with van der Waals surface area (Å²) in [5, 5.41) is 3.29. The van der Waals surface area contributed by atoms with E-state index in [9.17, 15) is 8.42 Å². The van der Waals surface area contributed by atoms with Crippen LogP contribution >= 0.6 is 27.3 Å². The average molecular weight is 389 g/mol. The molecule has 0 spiro atoms. The molecular formula is C14H17BrN2O2S2. The first-order valence-electron chi connectivity index (χ1n) is 6.32. The van der Waals surface area contributed by atoms with Gasteiger partial charge in [-0.3, -0.25) is 0 Å². The molecule has 1 aromatic carbocycles. The van der Waals surface area contributed by atoms with Crippen molar-refractivity contribution in [2.45, 2.75) is 18.4 Å². The van der Waals surface area contributed by atoms with Crippen molar-refractivity contribution in [2.75, 3.05) is 19.4 Å². The van der Waals surface area contributed by atoms with Crippen molar-refractivity contribution in [3.05, 3.63) is 44.6 Å². The van der Waals surface area contributed by atoms with Gasteiger partial charge >= 0.3 is 0 Å². The lowest BCUT2D eigenvalue weighted by atomic mass is 10.3. The third-order valence-corrected chi connectivity index (χ3v) is 6.97. The molecule has 0 aliphatic heterocycles. The molecule has 0 saturated carbocycles. The van der Waals surface area contributed by atoms with Crippen LogP contribution in [0.5, 0.6) is 0 Å². The maximum absolute atomic E-state index is 12.0. The summed E-state index contributed by atoms with van der Waals surface area (Å²) in [5.74, 6) is 0.